The maximum absolute atomic E-state index is 11.6. The molecule has 1 saturated heterocycles. The Morgan fingerprint density at radius 3 is 3.00 bits per heavy atom. The van der Waals surface area contributed by atoms with Gasteiger partial charge in [-0.3, -0.25) is 4.79 Å². The average molecular weight is 185 g/mol. The van der Waals surface area contributed by atoms with Gasteiger partial charge in [-0.05, 0) is 13.3 Å². The highest BCUT2D eigenvalue weighted by molar-refractivity contribution is 5.81. The van der Waals surface area contributed by atoms with Crippen LogP contribution in [0.5, 0.6) is 0 Å². The fourth-order valence-corrected chi connectivity index (χ4v) is 1.54. The van der Waals surface area contributed by atoms with E-state index in [1.54, 1.807) is 0 Å². The molecule has 0 bridgehead atoms. The molecule has 13 heavy (non-hydrogen) atoms. The molecular formula is C9H19N3O. The summed E-state index contributed by atoms with van der Waals surface area (Å²) < 4.78 is 0. The number of rotatable bonds is 2. The van der Waals surface area contributed by atoms with Gasteiger partial charge in [0.25, 0.3) is 0 Å². The van der Waals surface area contributed by atoms with Crippen molar-refractivity contribution >= 4 is 5.91 Å². The number of hydrogen-bond acceptors (Lipinski definition) is 3. The van der Waals surface area contributed by atoms with Crippen molar-refractivity contribution in [3.8, 4) is 0 Å². The van der Waals surface area contributed by atoms with E-state index in [9.17, 15) is 4.79 Å². The van der Waals surface area contributed by atoms with Crippen LogP contribution < -0.4 is 11.1 Å². The lowest BCUT2D eigenvalue weighted by molar-refractivity contribution is -0.133. The third-order valence-corrected chi connectivity index (χ3v) is 2.44. The fraction of sp³-hybridized carbons (Fsp3) is 0.889. The normalized spacial score (nSPS) is 25.8. The SMILES string of the molecule is CCC(N)C(=O)N1CCN[C@H](C)C1. The van der Waals surface area contributed by atoms with Gasteiger partial charge < -0.3 is 16.0 Å². The highest BCUT2D eigenvalue weighted by Crippen LogP contribution is 2.02. The van der Waals surface area contributed by atoms with E-state index in [0.717, 1.165) is 26.1 Å². The third kappa shape index (κ3) is 2.67. The van der Waals surface area contributed by atoms with Gasteiger partial charge in [-0.15, -0.1) is 0 Å². The van der Waals surface area contributed by atoms with Crippen LogP contribution >= 0.6 is 0 Å². The number of nitrogens with two attached hydrogens (primary N) is 1. The molecule has 3 N–H and O–H groups in total. The number of carbonyl (C=O) groups is 1. The molecule has 1 fully saturated rings. The van der Waals surface area contributed by atoms with Crippen LogP contribution in [0.1, 0.15) is 20.3 Å². The minimum Gasteiger partial charge on any atom is -0.339 e. The molecule has 1 aliphatic rings. The van der Waals surface area contributed by atoms with Crippen LogP contribution in [0.2, 0.25) is 0 Å². The molecule has 0 aromatic carbocycles. The van der Waals surface area contributed by atoms with E-state index in [4.69, 9.17) is 5.73 Å². The second kappa shape index (κ2) is 4.58. The molecule has 1 aliphatic heterocycles. The predicted molar refractivity (Wildman–Crippen MR) is 52.3 cm³/mol. The van der Waals surface area contributed by atoms with Crippen molar-refractivity contribution in [2.45, 2.75) is 32.4 Å². The lowest BCUT2D eigenvalue weighted by Gasteiger charge is -2.33. The Morgan fingerprint density at radius 1 is 1.77 bits per heavy atom. The molecule has 1 amide bonds. The summed E-state index contributed by atoms with van der Waals surface area (Å²) in [5.41, 5.74) is 5.68. The van der Waals surface area contributed by atoms with Gasteiger partial charge in [0.1, 0.15) is 0 Å². The van der Waals surface area contributed by atoms with Gasteiger partial charge >= 0.3 is 0 Å². The van der Waals surface area contributed by atoms with Crippen molar-refractivity contribution in [2.24, 2.45) is 5.73 Å². The lowest BCUT2D eigenvalue weighted by Crippen LogP contribution is -2.55. The second-order valence-corrected chi connectivity index (χ2v) is 3.65. The minimum atomic E-state index is -0.315. The maximum Gasteiger partial charge on any atom is 0.239 e. The van der Waals surface area contributed by atoms with Crippen molar-refractivity contribution < 1.29 is 4.79 Å². The highest BCUT2D eigenvalue weighted by atomic mass is 16.2. The molecule has 0 aliphatic carbocycles. The number of nitrogens with zero attached hydrogens (tertiary/aromatic N) is 1. The van der Waals surface area contributed by atoms with Crippen LogP contribution in [-0.4, -0.2) is 42.5 Å². The minimum absolute atomic E-state index is 0.0934. The Labute approximate surface area is 79.5 Å². The molecule has 0 aromatic heterocycles. The Balaban J connectivity index is 2.46. The number of carbonyl (C=O) groups excluding carboxylic acids is 1. The summed E-state index contributed by atoms with van der Waals surface area (Å²) in [6, 6.07) is 0.0760. The molecule has 4 heteroatoms. The van der Waals surface area contributed by atoms with Gasteiger partial charge in [-0.2, -0.15) is 0 Å². The fourth-order valence-electron chi connectivity index (χ4n) is 1.54. The number of hydrogen-bond donors (Lipinski definition) is 2. The van der Waals surface area contributed by atoms with E-state index in [-0.39, 0.29) is 11.9 Å². The van der Waals surface area contributed by atoms with E-state index >= 15 is 0 Å². The quantitative estimate of drug-likeness (QED) is 0.612. The lowest BCUT2D eigenvalue weighted by atomic mass is 10.1. The molecule has 0 spiro atoms. The van der Waals surface area contributed by atoms with Crippen LogP contribution in [0, 0.1) is 0 Å². The van der Waals surface area contributed by atoms with Crippen LogP contribution in [0.3, 0.4) is 0 Å². The monoisotopic (exact) mass is 185 g/mol. The van der Waals surface area contributed by atoms with Gasteiger partial charge in [0.2, 0.25) is 5.91 Å². The van der Waals surface area contributed by atoms with Crippen LogP contribution in [0.15, 0.2) is 0 Å². The van der Waals surface area contributed by atoms with Crippen molar-refractivity contribution in [2.75, 3.05) is 19.6 Å². The maximum atomic E-state index is 11.6. The molecule has 1 unspecified atom stereocenters. The summed E-state index contributed by atoms with van der Waals surface area (Å²) in [4.78, 5) is 13.5. The Morgan fingerprint density at radius 2 is 2.46 bits per heavy atom. The van der Waals surface area contributed by atoms with E-state index in [2.05, 4.69) is 12.2 Å². The third-order valence-electron chi connectivity index (χ3n) is 2.44. The molecule has 4 nitrogen and oxygen atoms in total. The number of piperazine rings is 1. The van der Waals surface area contributed by atoms with E-state index in [1.165, 1.54) is 0 Å². The molecule has 0 radical (unpaired) electrons. The molecule has 0 aromatic rings. The van der Waals surface area contributed by atoms with E-state index in [1.807, 2.05) is 11.8 Å². The first kappa shape index (κ1) is 10.5. The van der Waals surface area contributed by atoms with E-state index in [0.29, 0.717) is 6.04 Å². The van der Waals surface area contributed by atoms with Crippen LogP contribution in [0.25, 0.3) is 0 Å². The van der Waals surface area contributed by atoms with Gasteiger partial charge in [0.15, 0.2) is 0 Å². The van der Waals surface area contributed by atoms with Crippen LogP contribution in [-0.2, 0) is 4.79 Å². The summed E-state index contributed by atoms with van der Waals surface area (Å²) in [7, 11) is 0. The topological polar surface area (TPSA) is 58.4 Å². The molecule has 2 atom stereocenters. The first-order chi connectivity index (χ1) is 6.15. The molecule has 0 saturated carbocycles. The summed E-state index contributed by atoms with van der Waals surface area (Å²) in [5, 5.41) is 3.29. The second-order valence-electron chi connectivity index (χ2n) is 3.65. The summed E-state index contributed by atoms with van der Waals surface area (Å²) in [6.07, 6.45) is 0.719. The number of nitrogens with one attached hydrogen (secondary N) is 1. The van der Waals surface area contributed by atoms with Crippen molar-refractivity contribution in [3.63, 3.8) is 0 Å². The highest BCUT2D eigenvalue weighted by Gasteiger charge is 2.23. The molecule has 76 valence electrons. The summed E-state index contributed by atoms with van der Waals surface area (Å²) in [6.45, 7) is 6.47. The average Bonchev–Trinajstić information content (AvgIpc) is 2.15. The Bertz CT molecular complexity index is 184. The van der Waals surface area contributed by atoms with Gasteiger partial charge in [0, 0.05) is 25.7 Å². The van der Waals surface area contributed by atoms with Gasteiger partial charge in [-0.25, -0.2) is 0 Å². The zero-order valence-corrected chi connectivity index (χ0v) is 8.42. The van der Waals surface area contributed by atoms with Gasteiger partial charge in [0.05, 0.1) is 6.04 Å². The smallest absolute Gasteiger partial charge is 0.239 e. The van der Waals surface area contributed by atoms with Crippen molar-refractivity contribution in [3.05, 3.63) is 0 Å². The van der Waals surface area contributed by atoms with E-state index < -0.39 is 0 Å². The largest absolute Gasteiger partial charge is 0.339 e. The molecule has 1 heterocycles. The molecular weight excluding hydrogens is 166 g/mol. The standard InChI is InChI=1S/C9H19N3O/c1-3-8(10)9(13)12-5-4-11-7(2)6-12/h7-8,11H,3-6,10H2,1-2H3/t7-,8?/m1/s1. The van der Waals surface area contributed by atoms with Gasteiger partial charge in [-0.1, -0.05) is 6.92 Å². The number of amides is 1. The van der Waals surface area contributed by atoms with Crippen molar-refractivity contribution in [1.29, 1.82) is 0 Å². The zero-order chi connectivity index (χ0) is 9.84. The Kier molecular flexibility index (Phi) is 3.69. The first-order valence-electron chi connectivity index (χ1n) is 4.93. The van der Waals surface area contributed by atoms with Crippen LogP contribution in [0.4, 0.5) is 0 Å². The predicted octanol–water partition coefficient (Wildman–Crippen LogP) is -0.456. The summed E-state index contributed by atoms with van der Waals surface area (Å²) in [5.74, 6) is 0.0934. The Hall–Kier alpha value is -0.610. The van der Waals surface area contributed by atoms with Crippen molar-refractivity contribution in [1.82, 2.24) is 10.2 Å². The zero-order valence-electron chi connectivity index (χ0n) is 8.42. The summed E-state index contributed by atoms with van der Waals surface area (Å²) >= 11 is 0. The molecule has 1 rings (SSSR count). The first-order valence-corrected chi connectivity index (χ1v) is 4.93.